The molecule has 0 atom stereocenters. The molecular weight excluding hydrogens is 278 g/mol. The molecule has 6 nitrogen and oxygen atoms in total. The highest BCUT2D eigenvalue weighted by atomic mass is 16.5. The molecule has 2 aromatic rings. The van der Waals surface area contributed by atoms with E-state index in [-0.39, 0.29) is 0 Å². The predicted molar refractivity (Wildman–Crippen MR) is 88.8 cm³/mol. The lowest BCUT2D eigenvalue weighted by molar-refractivity contribution is 0.415. The van der Waals surface area contributed by atoms with Gasteiger partial charge in [-0.05, 0) is 31.4 Å². The lowest BCUT2D eigenvalue weighted by atomic mass is 10.1. The molecular formula is C16H21N5O. The first-order valence-electron chi connectivity index (χ1n) is 7.54. The van der Waals surface area contributed by atoms with E-state index >= 15 is 0 Å². The number of nitrogens with one attached hydrogen (secondary N) is 1. The Morgan fingerprint density at radius 2 is 2.00 bits per heavy atom. The summed E-state index contributed by atoms with van der Waals surface area (Å²) in [6.45, 7) is 2.00. The van der Waals surface area contributed by atoms with Crippen molar-refractivity contribution < 1.29 is 4.74 Å². The first-order valence-corrected chi connectivity index (χ1v) is 7.54. The summed E-state index contributed by atoms with van der Waals surface area (Å²) in [6, 6.07) is 7.67. The number of hydrogen-bond donors (Lipinski definition) is 2. The fourth-order valence-corrected chi connectivity index (χ4v) is 2.68. The van der Waals surface area contributed by atoms with Crippen molar-refractivity contribution in [1.29, 1.82) is 0 Å². The van der Waals surface area contributed by atoms with Gasteiger partial charge in [-0.15, -0.1) is 0 Å². The number of nitrogen functional groups attached to an aromatic ring is 1. The molecule has 3 rings (SSSR count). The van der Waals surface area contributed by atoms with E-state index in [9.17, 15) is 0 Å². The topological polar surface area (TPSA) is 76.3 Å². The van der Waals surface area contributed by atoms with Gasteiger partial charge in [0.15, 0.2) is 11.6 Å². The molecule has 0 amide bonds. The van der Waals surface area contributed by atoms with Crippen molar-refractivity contribution in [3.8, 4) is 5.75 Å². The molecule has 0 bridgehead atoms. The lowest BCUT2D eigenvalue weighted by Crippen LogP contribution is -2.31. The minimum atomic E-state index is 0.590. The second-order valence-corrected chi connectivity index (χ2v) is 5.36. The minimum absolute atomic E-state index is 0.590. The monoisotopic (exact) mass is 299 g/mol. The van der Waals surface area contributed by atoms with Crippen LogP contribution in [0.25, 0.3) is 0 Å². The van der Waals surface area contributed by atoms with Crippen LogP contribution in [0.4, 0.5) is 23.0 Å². The summed E-state index contributed by atoms with van der Waals surface area (Å²) in [4.78, 5) is 10.9. The molecule has 1 aliphatic rings. The molecule has 116 valence electrons. The molecule has 0 unspecified atom stereocenters. The van der Waals surface area contributed by atoms with Gasteiger partial charge >= 0.3 is 0 Å². The van der Waals surface area contributed by atoms with Crippen molar-refractivity contribution in [2.24, 2.45) is 0 Å². The van der Waals surface area contributed by atoms with Gasteiger partial charge in [-0.3, -0.25) is 0 Å². The van der Waals surface area contributed by atoms with Crippen molar-refractivity contribution in [1.82, 2.24) is 9.97 Å². The number of piperidine rings is 1. The second-order valence-electron chi connectivity index (χ2n) is 5.36. The zero-order valence-electron chi connectivity index (χ0n) is 12.7. The largest absolute Gasteiger partial charge is 0.497 e. The van der Waals surface area contributed by atoms with Crippen LogP contribution in [0.3, 0.4) is 0 Å². The maximum Gasteiger partial charge on any atom is 0.159 e. The van der Waals surface area contributed by atoms with Crippen LogP contribution in [-0.2, 0) is 0 Å². The van der Waals surface area contributed by atoms with Crippen LogP contribution < -0.4 is 20.7 Å². The normalized spacial score (nSPS) is 14.7. The number of anilines is 4. The van der Waals surface area contributed by atoms with E-state index in [0.29, 0.717) is 11.5 Å². The van der Waals surface area contributed by atoms with Crippen molar-refractivity contribution >= 4 is 23.0 Å². The van der Waals surface area contributed by atoms with E-state index in [1.807, 2.05) is 24.3 Å². The van der Waals surface area contributed by atoms with Gasteiger partial charge in [0.2, 0.25) is 0 Å². The number of benzene rings is 1. The van der Waals surface area contributed by atoms with Gasteiger partial charge in [0.25, 0.3) is 0 Å². The van der Waals surface area contributed by atoms with Gasteiger partial charge in [0.05, 0.1) is 7.11 Å². The van der Waals surface area contributed by atoms with Crippen molar-refractivity contribution in [2.75, 3.05) is 36.1 Å². The fourth-order valence-electron chi connectivity index (χ4n) is 2.68. The summed E-state index contributed by atoms with van der Waals surface area (Å²) < 4.78 is 5.23. The molecule has 1 aromatic heterocycles. The second kappa shape index (κ2) is 6.51. The quantitative estimate of drug-likeness (QED) is 0.904. The highest BCUT2D eigenvalue weighted by Crippen LogP contribution is 2.30. The number of ether oxygens (including phenoxy) is 1. The Morgan fingerprint density at radius 1 is 1.18 bits per heavy atom. The van der Waals surface area contributed by atoms with Gasteiger partial charge in [0, 0.05) is 24.8 Å². The smallest absolute Gasteiger partial charge is 0.159 e. The molecule has 0 spiro atoms. The maximum absolute atomic E-state index is 6.27. The highest BCUT2D eigenvalue weighted by Gasteiger charge is 2.17. The van der Waals surface area contributed by atoms with Crippen LogP contribution in [0.15, 0.2) is 30.6 Å². The van der Waals surface area contributed by atoms with E-state index in [1.54, 1.807) is 13.4 Å². The van der Waals surface area contributed by atoms with Gasteiger partial charge in [-0.1, -0.05) is 6.07 Å². The Balaban J connectivity index is 1.84. The van der Waals surface area contributed by atoms with E-state index in [2.05, 4.69) is 20.2 Å². The molecule has 3 N–H and O–H groups in total. The average molecular weight is 299 g/mol. The van der Waals surface area contributed by atoms with Crippen LogP contribution >= 0.6 is 0 Å². The van der Waals surface area contributed by atoms with E-state index in [0.717, 1.165) is 30.3 Å². The van der Waals surface area contributed by atoms with E-state index in [4.69, 9.17) is 10.5 Å². The molecule has 0 saturated carbocycles. The molecule has 0 aliphatic carbocycles. The van der Waals surface area contributed by atoms with Crippen LogP contribution in [0.2, 0.25) is 0 Å². The third-order valence-electron chi connectivity index (χ3n) is 3.85. The zero-order valence-corrected chi connectivity index (χ0v) is 12.7. The van der Waals surface area contributed by atoms with Crippen molar-refractivity contribution in [3.05, 3.63) is 30.6 Å². The van der Waals surface area contributed by atoms with Gasteiger partial charge in [0.1, 0.15) is 17.8 Å². The Bertz CT molecular complexity index is 640. The zero-order chi connectivity index (χ0) is 15.4. The standard InChI is InChI=1S/C16H21N5O/c1-22-13-7-5-6-12(10-13)20-15-14(17)16(19-11-18-15)21-8-3-2-4-9-21/h5-7,10-11H,2-4,8-9,17H2,1H3,(H,18,19,20). The summed E-state index contributed by atoms with van der Waals surface area (Å²) >= 11 is 0. The Labute approximate surface area is 130 Å². The number of hydrogen-bond acceptors (Lipinski definition) is 6. The number of rotatable bonds is 4. The van der Waals surface area contributed by atoms with Crippen LogP contribution in [-0.4, -0.2) is 30.2 Å². The maximum atomic E-state index is 6.27. The first kappa shape index (κ1) is 14.4. The fraction of sp³-hybridized carbons (Fsp3) is 0.375. The Kier molecular flexibility index (Phi) is 4.27. The van der Waals surface area contributed by atoms with Crippen molar-refractivity contribution in [2.45, 2.75) is 19.3 Å². The Morgan fingerprint density at radius 3 is 2.77 bits per heavy atom. The number of aromatic nitrogens is 2. The number of nitrogens with zero attached hydrogens (tertiary/aromatic N) is 3. The average Bonchev–Trinajstić information content (AvgIpc) is 2.58. The summed E-state index contributed by atoms with van der Waals surface area (Å²) in [5, 5.41) is 3.24. The molecule has 0 radical (unpaired) electrons. The van der Waals surface area contributed by atoms with Gasteiger partial charge in [-0.2, -0.15) is 0 Å². The van der Waals surface area contributed by atoms with E-state index < -0.39 is 0 Å². The summed E-state index contributed by atoms with van der Waals surface area (Å²) in [7, 11) is 1.65. The molecule has 6 heteroatoms. The predicted octanol–water partition coefficient (Wildman–Crippen LogP) is 2.80. The minimum Gasteiger partial charge on any atom is -0.497 e. The molecule has 22 heavy (non-hydrogen) atoms. The van der Waals surface area contributed by atoms with Gasteiger partial charge in [-0.25, -0.2) is 9.97 Å². The summed E-state index contributed by atoms with van der Waals surface area (Å²) in [6.07, 6.45) is 5.20. The highest BCUT2D eigenvalue weighted by molar-refractivity contribution is 5.78. The molecule has 1 saturated heterocycles. The van der Waals surface area contributed by atoms with Crippen LogP contribution in [0.5, 0.6) is 5.75 Å². The first-order chi connectivity index (χ1) is 10.8. The SMILES string of the molecule is COc1cccc(Nc2ncnc(N3CCCCC3)c2N)c1. The molecule has 1 aliphatic heterocycles. The van der Waals surface area contributed by atoms with Crippen LogP contribution in [0.1, 0.15) is 19.3 Å². The number of methoxy groups -OCH3 is 1. The molecule has 1 fully saturated rings. The van der Waals surface area contributed by atoms with Gasteiger partial charge < -0.3 is 20.7 Å². The number of nitrogens with two attached hydrogens (primary N) is 1. The summed E-state index contributed by atoms with van der Waals surface area (Å²) in [5.74, 6) is 2.23. The van der Waals surface area contributed by atoms with Crippen LogP contribution in [0, 0.1) is 0 Å². The van der Waals surface area contributed by atoms with Crippen molar-refractivity contribution in [3.63, 3.8) is 0 Å². The lowest BCUT2D eigenvalue weighted by Gasteiger charge is -2.28. The Hall–Kier alpha value is -2.50. The third kappa shape index (κ3) is 3.05. The molecule has 2 heterocycles. The summed E-state index contributed by atoms with van der Waals surface area (Å²) in [5.41, 5.74) is 7.75. The molecule has 1 aromatic carbocycles. The third-order valence-corrected chi connectivity index (χ3v) is 3.85. The van der Waals surface area contributed by atoms with E-state index in [1.165, 1.54) is 19.3 Å².